The molecule has 0 bridgehead atoms. The van der Waals surface area contributed by atoms with Crippen LogP contribution in [0.2, 0.25) is 0 Å². The summed E-state index contributed by atoms with van der Waals surface area (Å²) < 4.78 is 2.16. The molecule has 0 fully saturated rings. The molecule has 0 radical (unpaired) electrons. The van der Waals surface area contributed by atoms with E-state index >= 15 is 0 Å². The van der Waals surface area contributed by atoms with Crippen molar-refractivity contribution in [3.8, 4) is 0 Å². The summed E-state index contributed by atoms with van der Waals surface area (Å²) in [5.74, 6) is 0.148. The third-order valence-corrected chi connectivity index (χ3v) is 5.83. The van der Waals surface area contributed by atoms with Crippen LogP contribution >= 0.6 is 12.4 Å². The topological polar surface area (TPSA) is 51.3 Å². The van der Waals surface area contributed by atoms with Crippen LogP contribution in [0.3, 0.4) is 0 Å². The number of carbonyl (C=O) groups excluding carboxylic acids is 1. The summed E-state index contributed by atoms with van der Waals surface area (Å²) in [6.07, 6.45) is 2.73. The molecule has 0 spiro atoms. The average molecular weight is 398 g/mol. The molecule has 0 saturated heterocycles. The largest absolute Gasteiger partial charge is 0.335 e. The van der Waals surface area contributed by atoms with Gasteiger partial charge >= 0.3 is 0 Å². The van der Waals surface area contributed by atoms with E-state index in [0.717, 1.165) is 42.7 Å². The SMILES string of the molecule is CCC(N)Cc1c(C)n(CC(=O)N2CCc3ccccc32)c2ccccc12.Cl. The number of hydrogen-bond acceptors (Lipinski definition) is 2. The zero-order valence-corrected chi connectivity index (χ0v) is 17.3. The number of anilines is 1. The first-order valence-electron chi connectivity index (χ1n) is 9.80. The van der Waals surface area contributed by atoms with Crippen LogP contribution in [0, 0.1) is 6.92 Å². The van der Waals surface area contributed by atoms with E-state index in [4.69, 9.17) is 5.73 Å². The number of amides is 1. The predicted molar refractivity (Wildman–Crippen MR) is 118 cm³/mol. The Morgan fingerprint density at radius 1 is 1.14 bits per heavy atom. The molecular weight excluding hydrogens is 370 g/mol. The van der Waals surface area contributed by atoms with Gasteiger partial charge in [0.25, 0.3) is 0 Å². The van der Waals surface area contributed by atoms with Crippen molar-refractivity contribution in [1.29, 1.82) is 0 Å². The molecule has 1 aromatic heterocycles. The van der Waals surface area contributed by atoms with Gasteiger partial charge in [-0.2, -0.15) is 0 Å². The summed E-state index contributed by atoms with van der Waals surface area (Å²) >= 11 is 0. The lowest BCUT2D eigenvalue weighted by Crippen LogP contribution is -2.32. The Balaban J connectivity index is 0.00000225. The van der Waals surface area contributed by atoms with E-state index in [0.29, 0.717) is 6.54 Å². The van der Waals surface area contributed by atoms with Gasteiger partial charge in [-0.15, -0.1) is 12.4 Å². The Labute approximate surface area is 172 Å². The standard InChI is InChI=1S/C23H27N3O.ClH/c1-3-18(24)14-20-16(2)26(22-11-7-5-9-19(20)22)15-23(27)25-13-12-17-8-4-6-10-21(17)25;/h4-11,18H,3,12-15,24H2,1-2H3;1H. The molecule has 1 atom stereocenters. The average Bonchev–Trinajstić information content (AvgIpc) is 3.23. The van der Waals surface area contributed by atoms with Crippen molar-refractivity contribution in [2.75, 3.05) is 11.4 Å². The minimum Gasteiger partial charge on any atom is -0.335 e. The highest BCUT2D eigenvalue weighted by atomic mass is 35.5. The number of hydrogen-bond donors (Lipinski definition) is 1. The van der Waals surface area contributed by atoms with Gasteiger partial charge in [-0.05, 0) is 49.4 Å². The minimum absolute atomic E-state index is 0. The number of benzene rings is 2. The second-order valence-electron chi connectivity index (χ2n) is 7.46. The summed E-state index contributed by atoms with van der Waals surface area (Å²) in [4.78, 5) is 15.1. The molecular formula is C23H28ClN3O. The van der Waals surface area contributed by atoms with Crippen molar-refractivity contribution in [2.45, 2.75) is 45.7 Å². The van der Waals surface area contributed by atoms with Gasteiger partial charge in [-0.3, -0.25) is 4.79 Å². The van der Waals surface area contributed by atoms with Gasteiger partial charge in [0.05, 0.1) is 0 Å². The highest BCUT2D eigenvalue weighted by molar-refractivity contribution is 5.96. The van der Waals surface area contributed by atoms with E-state index in [9.17, 15) is 4.79 Å². The zero-order valence-electron chi connectivity index (χ0n) is 16.5. The van der Waals surface area contributed by atoms with Crippen LogP contribution in [0.5, 0.6) is 0 Å². The van der Waals surface area contributed by atoms with Crippen LogP contribution < -0.4 is 10.6 Å². The third kappa shape index (κ3) is 3.54. The molecule has 3 aromatic rings. The summed E-state index contributed by atoms with van der Waals surface area (Å²) in [7, 11) is 0. The maximum atomic E-state index is 13.1. The van der Waals surface area contributed by atoms with Gasteiger partial charge in [0.1, 0.15) is 6.54 Å². The van der Waals surface area contributed by atoms with Crippen LogP contribution in [-0.2, 0) is 24.2 Å². The lowest BCUT2D eigenvalue weighted by molar-refractivity contribution is -0.119. The fourth-order valence-electron chi connectivity index (χ4n) is 4.19. The quantitative estimate of drug-likeness (QED) is 0.700. The molecule has 1 unspecified atom stereocenters. The molecule has 0 aliphatic carbocycles. The number of halogens is 1. The van der Waals surface area contributed by atoms with Crippen LogP contribution in [0.15, 0.2) is 48.5 Å². The van der Waals surface area contributed by atoms with Crippen molar-refractivity contribution in [1.82, 2.24) is 4.57 Å². The molecule has 4 rings (SSSR count). The molecule has 0 saturated carbocycles. The van der Waals surface area contributed by atoms with Crippen molar-refractivity contribution in [2.24, 2.45) is 5.73 Å². The Hall–Kier alpha value is -2.30. The molecule has 28 heavy (non-hydrogen) atoms. The minimum atomic E-state index is 0. The summed E-state index contributed by atoms with van der Waals surface area (Å²) in [5.41, 5.74) is 12.1. The number of fused-ring (bicyclic) bond motifs is 2. The Morgan fingerprint density at radius 2 is 1.86 bits per heavy atom. The summed E-state index contributed by atoms with van der Waals surface area (Å²) in [5, 5.41) is 1.22. The van der Waals surface area contributed by atoms with Crippen molar-refractivity contribution in [3.63, 3.8) is 0 Å². The van der Waals surface area contributed by atoms with Crippen LogP contribution in [0.1, 0.15) is 30.2 Å². The van der Waals surface area contributed by atoms with Crippen LogP contribution in [0.4, 0.5) is 5.69 Å². The highest BCUT2D eigenvalue weighted by Gasteiger charge is 2.25. The van der Waals surface area contributed by atoms with Crippen LogP contribution in [0.25, 0.3) is 10.9 Å². The molecule has 2 heterocycles. The van der Waals surface area contributed by atoms with E-state index in [2.05, 4.69) is 42.7 Å². The van der Waals surface area contributed by atoms with E-state index in [1.165, 1.54) is 16.5 Å². The first-order valence-corrected chi connectivity index (χ1v) is 9.80. The number of carbonyl (C=O) groups is 1. The smallest absolute Gasteiger partial charge is 0.246 e. The van der Waals surface area contributed by atoms with Crippen LogP contribution in [-0.4, -0.2) is 23.1 Å². The number of aromatic nitrogens is 1. The second kappa shape index (κ2) is 8.38. The lowest BCUT2D eigenvalue weighted by atomic mass is 10.0. The Morgan fingerprint density at radius 3 is 2.64 bits per heavy atom. The number of nitrogens with zero attached hydrogens (tertiary/aromatic N) is 2. The van der Waals surface area contributed by atoms with E-state index in [1.807, 2.05) is 29.2 Å². The monoisotopic (exact) mass is 397 g/mol. The summed E-state index contributed by atoms with van der Waals surface area (Å²) in [6, 6.07) is 16.7. The van der Waals surface area contributed by atoms with E-state index in [1.54, 1.807) is 0 Å². The Kier molecular flexibility index (Phi) is 6.11. The normalized spacial score (nSPS) is 14.0. The Bertz CT molecular complexity index is 995. The van der Waals surface area contributed by atoms with E-state index in [-0.39, 0.29) is 24.4 Å². The van der Waals surface area contributed by atoms with Gasteiger partial charge < -0.3 is 15.2 Å². The molecule has 1 amide bonds. The molecule has 1 aliphatic rings. The molecule has 2 aromatic carbocycles. The highest BCUT2D eigenvalue weighted by Crippen LogP contribution is 2.30. The molecule has 5 heteroatoms. The van der Waals surface area contributed by atoms with Gasteiger partial charge in [0.2, 0.25) is 5.91 Å². The fourth-order valence-corrected chi connectivity index (χ4v) is 4.19. The molecule has 1 aliphatic heterocycles. The number of nitrogens with two attached hydrogens (primary N) is 1. The van der Waals surface area contributed by atoms with E-state index < -0.39 is 0 Å². The van der Waals surface area contributed by atoms with Gasteiger partial charge in [0, 0.05) is 34.9 Å². The van der Waals surface area contributed by atoms with Gasteiger partial charge in [-0.1, -0.05) is 43.3 Å². The first kappa shape index (κ1) is 20.4. The first-order chi connectivity index (χ1) is 13.1. The van der Waals surface area contributed by atoms with Crippen molar-refractivity contribution < 1.29 is 4.79 Å². The molecule has 4 nitrogen and oxygen atoms in total. The summed E-state index contributed by atoms with van der Waals surface area (Å²) in [6.45, 7) is 5.36. The van der Waals surface area contributed by atoms with Gasteiger partial charge in [-0.25, -0.2) is 0 Å². The van der Waals surface area contributed by atoms with Crippen molar-refractivity contribution >= 4 is 34.9 Å². The van der Waals surface area contributed by atoms with Crippen molar-refractivity contribution in [3.05, 3.63) is 65.4 Å². The third-order valence-electron chi connectivity index (χ3n) is 5.83. The number of para-hydroxylation sites is 2. The fraction of sp³-hybridized carbons (Fsp3) is 0.348. The number of rotatable bonds is 5. The van der Waals surface area contributed by atoms with Gasteiger partial charge in [0.15, 0.2) is 0 Å². The maximum Gasteiger partial charge on any atom is 0.246 e. The predicted octanol–water partition coefficient (Wildman–Crippen LogP) is 4.24. The lowest BCUT2D eigenvalue weighted by Gasteiger charge is -2.19. The molecule has 2 N–H and O–H groups in total. The second-order valence-corrected chi connectivity index (χ2v) is 7.46. The molecule has 148 valence electrons. The zero-order chi connectivity index (χ0) is 19.0. The maximum absolute atomic E-state index is 13.1.